The number of aromatic hydroxyl groups is 1. The number of hydrogen-bond donors (Lipinski definition) is 2. The Morgan fingerprint density at radius 1 is 1.47 bits per heavy atom. The van der Waals surface area contributed by atoms with Crippen LogP contribution in [0.3, 0.4) is 0 Å². The summed E-state index contributed by atoms with van der Waals surface area (Å²) >= 11 is 3.31. The molecule has 82 valence electrons. The molecule has 0 aromatic heterocycles. The lowest BCUT2D eigenvalue weighted by Gasteiger charge is -2.23. The summed E-state index contributed by atoms with van der Waals surface area (Å²) in [6.07, 6.45) is 0. The summed E-state index contributed by atoms with van der Waals surface area (Å²) in [6, 6.07) is 6.49. The van der Waals surface area contributed by atoms with Gasteiger partial charge in [0.25, 0.3) is 5.91 Å². The van der Waals surface area contributed by atoms with Crippen LogP contribution in [0.4, 0.5) is 0 Å². The van der Waals surface area contributed by atoms with Crippen LogP contribution >= 0.6 is 15.9 Å². The van der Waals surface area contributed by atoms with Crippen molar-refractivity contribution < 1.29 is 9.90 Å². The van der Waals surface area contributed by atoms with E-state index in [0.717, 1.165) is 0 Å². The number of phenols is 1. The fraction of sp³-hybridized carbons (Fsp3) is 0.364. The van der Waals surface area contributed by atoms with Crippen molar-refractivity contribution in [2.75, 3.05) is 5.33 Å². The van der Waals surface area contributed by atoms with Gasteiger partial charge in [0.05, 0.1) is 5.56 Å². The van der Waals surface area contributed by atoms with Gasteiger partial charge in [0.2, 0.25) is 0 Å². The van der Waals surface area contributed by atoms with Crippen molar-refractivity contribution >= 4 is 21.8 Å². The van der Waals surface area contributed by atoms with Crippen LogP contribution in [0, 0.1) is 0 Å². The number of para-hydroxylation sites is 1. The topological polar surface area (TPSA) is 49.3 Å². The van der Waals surface area contributed by atoms with Gasteiger partial charge in [0.15, 0.2) is 0 Å². The van der Waals surface area contributed by atoms with Crippen molar-refractivity contribution in [2.45, 2.75) is 19.4 Å². The maximum Gasteiger partial charge on any atom is 0.255 e. The number of benzene rings is 1. The van der Waals surface area contributed by atoms with Crippen molar-refractivity contribution in [3.63, 3.8) is 0 Å². The smallest absolute Gasteiger partial charge is 0.255 e. The lowest BCUT2D eigenvalue weighted by Crippen LogP contribution is -2.44. The number of amides is 1. The second kappa shape index (κ2) is 4.66. The number of nitrogens with one attached hydrogen (secondary N) is 1. The maximum atomic E-state index is 11.7. The fourth-order valence-corrected chi connectivity index (χ4v) is 1.21. The predicted octanol–water partition coefficient (Wildman–Crippen LogP) is 2.30. The summed E-state index contributed by atoms with van der Waals surface area (Å²) < 4.78 is 0. The third-order valence-corrected chi connectivity index (χ3v) is 3.34. The largest absolute Gasteiger partial charge is 0.507 e. The van der Waals surface area contributed by atoms with Crippen LogP contribution in [-0.4, -0.2) is 21.9 Å². The van der Waals surface area contributed by atoms with E-state index in [9.17, 15) is 9.90 Å². The minimum absolute atomic E-state index is 0.000345. The molecule has 0 radical (unpaired) electrons. The molecule has 0 aliphatic heterocycles. The molecular weight excluding hydrogens is 258 g/mol. The Morgan fingerprint density at radius 2 is 2.07 bits per heavy atom. The van der Waals surface area contributed by atoms with Gasteiger partial charge >= 0.3 is 0 Å². The van der Waals surface area contributed by atoms with Crippen LogP contribution in [0.1, 0.15) is 24.2 Å². The summed E-state index contributed by atoms with van der Waals surface area (Å²) in [5, 5.41) is 12.9. The molecule has 3 nitrogen and oxygen atoms in total. The van der Waals surface area contributed by atoms with Crippen LogP contribution in [-0.2, 0) is 0 Å². The fourth-order valence-electron chi connectivity index (χ4n) is 1.07. The Morgan fingerprint density at radius 3 is 2.60 bits per heavy atom. The van der Waals surface area contributed by atoms with Gasteiger partial charge in [-0.2, -0.15) is 0 Å². The highest BCUT2D eigenvalue weighted by Crippen LogP contribution is 2.17. The summed E-state index contributed by atoms with van der Waals surface area (Å²) in [7, 11) is 0. The predicted molar refractivity (Wildman–Crippen MR) is 63.4 cm³/mol. The molecule has 1 aromatic carbocycles. The van der Waals surface area contributed by atoms with Gasteiger partial charge < -0.3 is 10.4 Å². The lowest BCUT2D eigenvalue weighted by molar-refractivity contribution is 0.0918. The molecular formula is C11H14BrNO2. The van der Waals surface area contributed by atoms with E-state index in [1.807, 2.05) is 13.8 Å². The Labute approximate surface area is 97.6 Å². The molecule has 0 bridgehead atoms. The zero-order valence-electron chi connectivity index (χ0n) is 8.75. The van der Waals surface area contributed by atoms with Gasteiger partial charge in [0.1, 0.15) is 5.75 Å². The van der Waals surface area contributed by atoms with E-state index in [1.54, 1.807) is 18.2 Å². The minimum Gasteiger partial charge on any atom is -0.507 e. The van der Waals surface area contributed by atoms with Crippen molar-refractivity contribution in [3.8, 4) is 5.75 Å². The van der Waals surface area contributed by atoms with Crippen LogP contribution < -0.4 is 5.32 Å². The average molecular weight is 272 g/mol. The molecule has 15 heavy (non-hydrogen) atoms. The highest BCUT2D eigenvalue weighted by Gasteiger charge is 2.20. The molecule has 4 heteroatoms. The standard InChI is InChI=1S/C11H14BrNO2/c1-11(2,7-12)13-10(15)8-5-3-4-6-9(8)14/h3-6,14H,7H2,1-2H3,(H,13,15). The summed E-state index contributed by atoms with van der Waals surface area (Å²) in [4.78, 5) is 11.7. The first-order valence-electron chi connectivity index (χ1n) is 4.63. The number of carbonyl (C=O) groups is 1. The first kappa shape index (κ1) is 12.0. The van der Waals surface area contributed by atoms with E-state index in [-0.39, 0.29) is 17.2 Å². The molecule has 0 heterocycles. The third-order valence-electron chi connectivity index (χ3n) is 1.93. The van der Waals surface area contributed by atoms with E-state index in [1.165, 1.54) is 6.07 Å². The molecule has 0 aliphatic rings. The first-order valence-corrected chi connectivity index (χ1v) is 5.75. The van der Waals surface area contributed by atoms with Crippen molar-refractivity contribution in [1.29, 1.82) is 0 Å². The van der Waals surface area contributed by atoms with E-state index in [2.05, 4.69) is 21.2 Å². The third kappa shape index (κ3) is 3.23. The second-order valence-corrected chi connectivity index (χ2v) is 4.55. The number of hydrogen-bond acceptors (Lipinski definition) is 2. The van der Waals surface area contributed by atoms with Gasteiger partial charge in [-0.05, 0) is 26.0 Å². The van der Waals surface area contributed by atoms with Crippen molar-refractivity contribution in [2.24, 2.45) is 0 Å². The first-order chi connectivity index (χ1) is 6.96. The molecule has 0 spiro atoms. The molecule has 0 atom stereocenters. The molecule has 0 saturated heterocycles. The molecule has 0 saturated carbocycles. The van der Waals surface area contributed by atoms with Gasteiger partial charge in [0, 0.05) is 10.9 Å². The molecule has 1 amide bonds. The number of halogens is 1. The number of carbonyl (C=O) groups excluding carboxylic acids is 1. The van der Waals surface area contributed by atoms with E-state index in [0.29, 0.717) is 10.9 Å². The van der Waals surface area contributed by atoms with Crippen LogP contribution in [0.25, 0.3) is 0 Å². The number of phenolic OH excluding ortho intramolecular Hbond substituents is 1. The highest BCUT2D eigenvalue weighted by atomic mass is 79.9. The van der Waals surface area contributed by atoms with E-state index in [4.69, 9.17) is 0 Å². The molecule has 1 rings (SSSR count). The number of rotatable bonds is 3. The van der Waals surface area contributed by atoms with E-state index >= 15 is 0 Å². The van der Waals surface area contributed by atoms with Gasteiger partial charge in [-0.25, -0.2) is 0 Å². The quantitative estimate of drug-likeness (QED) is 0.829. The van der Waals surface area contributed by atoms with Crippen LogP contribution in [0.2, 0.25) is 0 Å². The average Bonchev–Trinajstić information content (AvgIpc) is 2.17. The zero-order valence-corrected chi connectivity index (χ0v) is 10.3. The Kier molecular flexibility index (Phi) is 3.74. The lowest BCUT2D eigenvalue weighted by atomic mass is 10.1. The van der Waals surface area contributed by atoms with Crippen LogP contribution in [0.5, 0.6) is 5.75 Å². The van der Waals surface area contributed by atoms with Gasteiger partial charge in [-0.15, -0.1) is 0 Å². The van der Waals surface area contributed by atoms with Gasteiger partial charge in [-0.1, -0.05) is 28.1 Å². The summed E-state index contributed by atoms with van der Waals surface area (Å²) in [6.45, 7) is 3.80. The Hall–Kier alpha value is -1.03. The molecule has 1 aromatic rings. The van der Waals surface area contributed by atoms with Gasteiger partial charge in [-0.3, -0.25) is 4.79 Å². The van der Waals surface area contributed by atoms with Crippen LogP contribution in [0.15, 0.2) is 24.3 Å². The van der Waals surface area contributed by atoms with Crippen molar-refractivity contribution in [3.05, 3.63) is 29.8 Å². The highest BCUT2D eigenvalue weighted by molar-refractivity contribution is 9.09. The second-order valence-electron chi connectivity index (χ2n) is 3.99. The maximum absolute atomic E-state index is 11.7. The Balaban J connectivity index is 2.83. The summed E-state index contributed by atoms with van der Waals surface area (Å²) in [5.41, 5.74) is -0.0363. The van der Waals surface area contributed by atoms with E-state index < -0.39 is 0 Å². The Bertz CT molecular complexity index is 363. The summed E-state index contributed by atoms with van der Waals surface area (Å²) in [5.74, 6) is -0.266. The molecule has 0 fully saturated rings. The normalized spacial score (nSPS) is 11.1. The SMILES string of the molecule is CC(C)(CBr)NC(=O)c1ccccc1O. The monoisotopic (exact) mass is 271 g/mol. The minimum atomic E-state index is -0.334. The number of alkyl halides is 1. The molecule has 2 N–H and O–H groups in total. The molecule has 0 unspecified atom stereocenters. The molecule has 0 aliphatic carbocycles. The van der Waals surface area contributed by atoms with Crippen molar-refractivity contribution in [1.82, 2.24) is 5.32 Å². The zero-order chi connectivity index (χ0) is 11.5.